The Morgan fingerprint density at radius 2 is 1.36 bits per heavy atom. The first-order chi connectivity index (χ1) is 16.1. The highest BCUT2D eigenvalue weighted by atomic mass is 32.2. The number of imidazole rings is 1. The maximum Gasteiger partial charge on any atom is 0.212 e. The molecule has 5 nitrogen and oxygen atoms in total. The monoisotopic (exact) mass is 449 g/mol. The Kier molecular flexibility index (Phi) is 3.58. The summed E-state index contributed by atoms with van der Waals surface area (Å²) < 4.78 is 32.3. The molecule has 6 heteroatoms. The fraction of sp³-hybridized carbons (Fsp3) is 0.0741. The molecule has 4 aromatic carbocycles. The van der Waals surface area contributed by atoms with Crippen molar-refractivity contribution in [3.05, 3.63) is 90.8 Å². The summed E-state index contributed by atoms with van der Waals surface area (Å²) in [5.74, 6) is 0.855. The Hall–Kier alpha value is -3.90. The molecule has 160 valence electrons. The van der Waals surface area contributed by atoms with Crippen molar-refractivity contribution in [2.24, 2.45) is 0 Å². The zero-order valence-corrected chi connectivity index (χ0v) is 18.7. The van der Waals surface area contributed by atoms with Crippen molar-refractivity contribution >= 4 is 42.7 Å². The summed E-state index contributed by atoms with van der Waals surface area (Å²) in [5.41, 5.74) is 4.63. The van der Waals surface area contributed by atoms with Crippen LogP contribution in [0.4, 0.5) is 0 Å². The molecule has 0 fully saturated rings. The van der Waals surface area contributed by atoms with Crippen LogP contribution in [0, 0.1) is 0 Å². The van der Waals surface area contributed by atoms with Gasteiger partial charge in [-0.05, 0) is 36.4 Å². The molecule has 3 heterocycles. The van der Waals surface area contributed by atoms with Gasteiger partial charge in [-0.1, -0.05) is 55.5 Å². The van der Waals surface area contributed by atoms with E-state index < -0.39 is 9.84 Å². The van der Waals surface area contributed by atoms with Crippen LogP contribution >= 0.6 is 0 Å². The number of fused-ring (bicyclic) bond motifs is 5. The summed E-state index contributed by atoms with van der Waals surface area (Å²) in [6, 6.07) is 27.3. The lowest BCUT2D eigenvalue weighted by Gasteiger charge is -2.23. The molecule has 33 heavy (non-hydrogen) atoms. The maximum atomic E-state index is 14.1. The Balaban J connectivity index is 1.74. The third-order valence-corrected chi connectivity index (χ3v) is 8.49. The Labute approximate surface area is 190 Å². The Morgan fingerprint density at radius 1 is 0.727 bits per heavy atom. The van der Waals surface area contributed by atoms with Crippen molar-refractivity contribution in [2.45, 2.75) is 23.1 Å². The van der Waals surface area contributed by atoms with Crippen molar-refractivity contribution in [3.8, 4) is 11.4 Å². The van der Waals surface area contributed by atoms with Gasteiger partial charge in [0.1, 0.15) is 10.7 Å². The van der Waals surface area contributed by atoms with Crippen LogP contribution in [0.25, 0.3) is 44.2 Å². The van der Waals surface area contributed by atoms with E-state index in [1.54, 1.807) is 12.1 Å². The minimum atomic E-state index is -3.78. The molecule has 1 aliphatic heterocycles. The number of aromatic nitrogens is 3. The van der Waals surface area contributed by atoms with E-state index >= 15 is 0 Å². The molecule has 0 unspecified atom stereocenters. The van der Waals surface area contributed by atoms with E-state index in [2.05, 4.69) is 16.7 Å². The molecule has 0 bridgehead atoms. The lowest BCUT2D eigenvalue weighted by Crippen LogP contribution is -2.18. The number of sulfone groups is 1. The summed E-state index contributed by atoms with van der Waals surface area (Å²) in [6.07, 6.45) is 0.702. The summed E-state index contributed by atoms with van der Waals surface area (Å²) in [7, 11) is -3.78. The van der Waals surface area contributed by atoms with E-state index in [-0.39, 0.29) is 0 Å². The number of aryl methyl sites for hydroxylation is 1. The molecule has 2 aromatic heterocycles. The van der Waals surface area contributed by atoms with Gasteiger partial charge in [0.05, 0.1) is 38.3 Å². The zero-order valence-electron chi connectivity index (χ0n) is 17.9. The molecule has 0 amide bonds. The highest BCUT2D eigenvalue weighted by Gasteiger charge is 2.36. The topological polar surface area (TPSA) is 56.9 Å². The average Bonchev–Trinajstić information content (AvgIpc) is 3.38. The van der Waals surface area contributed by atoms with Gasteiger partial charge in [-0.3, -0.25) is 4.57 Å². The lowest BCUT2D eigenvalue weighted by molar-refractivity contribution is 0.594. The third-order valence-electron chi connectivity index (χ3n) is 6.62. The summed E-state index contributed by atoms with van der Waals surface area (Å²) in [5, 5.41) is 2.19. The lowest BCUT2D eigenvalue weighted by atomic mass is 10.2. The van der Waals surface area contributed by atoms with E-state index in [4.69, 9.17) is 4.98 Å². The van der Waals surface area contributed by atoms with Gasteiger partial charge in [-0.25, -0.2) is 13.4 Å². The van der Waals surface area contributed by atoms with Crippen LogP contribution in [0.3, 0.4) is 0 Å². The van der Waals surface area contributed by atoms with E-state index in [0.717, 1.165) is 27.6 Å². The van der Waals surface area contributed by atoms with Crippen LogP contribution in [-0.2, 0) is 16.3 Å². The summed E-state index contributed by atoms with van der Waals surface area (Å²) >= 11 is 0. The number of hydrogen-bond donors (Lipinski definition) is 0. The molecule has 0 radical (unpaired) electrons. The molecule has 0 saturated carbocycles. The van der Waals surface area contributed by atoms with Gasteiger partial charge in [0.2, 0.25) is 9.84 Å². The predicted octanol–water partition coefficient (Wildman–Crippen LogP) is 5.83. The van der Waals surface area contributed by atoms with Crippen LogP contribution in [0.15, 0.2) is 94.7 Å². The number of para-hydroxylation sites is 3. The molecular formula is C27H19N3O2S. The van der Waals surface area contributed by atoms with Gasteiger partial charge in [0.15, 0.2) is 0 Å². The van der Waals surface area contributed by atoms with Crippen LogP contribution in [-0.4, -0.2) is 22.5 Å². The fourth-order valence-corrected chi connectivity index (χ4v) is 7.07. The molecular weight excluding hydrogens is 430 g/mol. The molecule has 6 aromatic rings. The van der Waals surface area contributed by atoms with Crippen molar-refractivity contribution in [2.75, 3.05) is 0 Å². The highest BCUT2D eigenvalue weighted by molar-refractivity contribution is 7.92. The standard InChI is InChI=1S/C27H19N3O2S/c1-2-25-28-19-15-16-23(27-26(19)30(25)22-13-7-8-14-24(22)33(27,31)32)29-20-11-5-3-9-17(20)18-10-4-6-12-21(18)29/h3-16H,2H2,1H3. The second kappa shape index (κ2) is 6.33. The van der Waals surface area contributed by atoms with Gasteiger partial charge in [0, 0.05) is 17.2 Å². The molecule has 0 atom stereocenters. The quantitative estimate of drug-likeness (QED) is 0.334. The highest BCUT2D eigenvalue weighted by Crippen LogP contribution is 2.44. The second-order valence-electron chi connectivity index (χ2n) is 8.34. The molecule has 1 aliphatic rings. The molecule has 0 N–H and O–H groups in total. The fourth-order valence-electron chi connectivity index (χ4n) is 5.27. The van der Waals surface area contributed by atoms with Gasteiger partial charge in [0.25, 0.3) is 0 Å². The van der Waals surface area contributed by atoms with Crippen LogP contribution in [0.1, 0.15) is 12.7 Å². The number of benzene rings is 4. The number of nitrogens with zero attached hydrogens (tertiary/aromatic N) is 3. The minimum Gasteiger partial charge on any atom is -0.308 e. The molecule has 0 aliphatic carbocycles. The first-order valence-corrected chi connectivity index (χ1v) is 12.5. The Bertz CT molecular complexity index is 1820. The average molecular weight is 450 g/mol. The minimum absolute atomic E-state index is 0.317. The number of hydrogen-bond acceptors (Lipinski definition) is 3. The SMILES string of the molecule is CCc1nc2ccc(-n3c4ccccc4c4ccccc43)c3c2n1-c1ccccc1S3(=O)=O. The summed E-state index contributed by atoms with van der Waals surface area (Å²) in [4.78, 5) is 5.44. The Morgan fingerprint density at radius 3 is 2.06 bits per heavy atom. The van der Waals surface area contributed by atoms with Crippen LogP contribution in [0.5, 0.6) is 0 Å². The molecule has 0 saturated heterocycles. The second-order valence-corrected chi connectivity index (χ2v) is 10.2. The van der Waals surface area contributed by atoms with Crippen molar-refractivity contribution in [1.29, 1.82) is 0 Å². The third kappa shape index (κ3) is 2.26. The van der Waals surface area contributed by atoms with Crippen molar-refractivity contribution in [1.82, 2.24) is 14.1 Å². The smallest absolute Gasteiger partial charge is 0.212 e. The van der Waals surface area contributed by atoms with E-state index in [1.807, 2.05) is 72.2 Å². The van der Waals surface area contributed by atoms with Crippen LogP contribution < -0.4 is 0 Å². The van der Waals surface area contributed by atoms with E-state index in [1.165, 1.54) is 0 Å². The molecule has 7 rings (SSSR count). The van der Waals surface area contributed by atoms with Gasteiger partial charge >= 0.3 is 0 Å². The summed E-state index contributed by atoms with van der Waals surface area (Å²) in [6.45, 7) is 2.05. The van der Waals surface area contributed by atoms with Crippen molar-refractivity contribution in [3.63, 3.8) is 0 Å². The van der Waals surface area contributed by atoms with Gasteiger partial charge in [-0.15, -0.1) is 0 Å². The van der Waals surface area contributed by atoms with Crippen molar-refractivity contribution < 1.29 is 8.42 Å². The van der Waals surface area contributed by atoms with Gasteiger partial charge in [-0.2, -0.15) is 0 Å². The first kappa shape index (κ1) is 18.7. The largest absolute Gasteiger partial charge is 0.308 e. The van der Waals surface area contributed by atoms with Crippen LogP contribution in [0.2, 0.25) is 0 Å². The number of rotatable bonds is 2. The normalized spacial score (nSPS) is 14.2. The van der Waals surface area contributed by atoms with E-state index in [0.29, 0.717) is 38.6 Å². The van der Waals surface area contributed by atoms with Gasteiger partial charge < -0.3 is 4.57 Å². The molecule has 0 spiro atoms. The predicted molar refractivity (Wildman–Crippen MR) is 130 cm³/mol. The zero-order chi connectivity index (χ0) is 22.3. The maximum absolute atomic E-state index is 14.1. The first-order valence-electron chi connectivity index (χ1n) is 11.0. The van der Waals surface area contributed by atoms with E-state index in [9.17, 15) is 8.42 Å².